The third-order valence-corrected chi connectivity index (χ3v) is 16.9. The van der Waals surface area contributed by atoms with Gasteiger partial charge >= 0.3 is 12.2 Å². The number of likely N-dealkylation sites (tertiary alicyclic amines) is 2. The number of hydrogen-bond acceptors (Lipinski definition) is 14. The van der Waals surface area contributed by atoms with Crippen LogP contribution < -0.4 is 31.9 Å². The average Bonchev–Trinajstić information content (AvgIpc) is 2.73. The second kappa shape index (κ2) is 35.8. The summed E-state index contributed by atoms with van der Waals surface area (Å²) in [5.41, 5.74) is -0.147. The van der Waals surface area contributed by atoms with Crippen molar-refractivity contribution in [3.05, 3.63) is 59.7 Å². The number of benzene rings is 2. The van der Waals surface area contributed by atoms with Gasteiger partial charge in [-0.2, -0.15) is 0 Å². The Hall–Kier alpha value is -6.85. The number of methoxy groups -OCH3 is 2. The van der Waals surface area contributed by atoms with Gasteiger partial charge in [0, 0.05) is 59.4 Å². The van der Waals surface area contributed by atoms with Crippen molar-refractivity contribution < 1.29 is 62.1 Å². The van der Waals surface area contributed by atoms with Gasteiger partial charge in [0.1, 0.15) is 29.3 Å². The molecule has 2 aliphatic heterocycles. The SMILES string of the molecule is CCC(C)C(C(CC(=O)N1CCCC1C(OC)C(C)C(=O)N[C@@H](Cc1ccccc1)C(=O)N1CCC[C@@H]1C(=O)NCCCCCCNC(=O)c1ccc(NC(=O)OC(C)(C)C)c(NC(=O)OC(C)(C)C)c1)OC)N(C)C(=O)[C@@H](NC(=O)C(C(C)C)N(C)C)C(C)C. The number of rotatable bonds is 32. The van der Waals surface area contributed by atoms with Gasteiger partial charge in [0.25, 0.3) is 5.91 Å². The summed E-state index contributed by atoms with van der Waals surface area (Å²) >= 11 is 0. The summed E-state index contributed by atoms with van der Waals surface area (Å²) in [6.07, 6.45) is 2.94. The third kappa shape index (κ3) is 23.3. The van der Waals surface area contributed by atoms with Gasteiger partial charge in [0.05, 0.1) is 54.0 Å². The van der Waals surface area contributed by atoms with Crippen molar-refractivity contribution >= 4 is 64.9 Å². The Bertz CT molecular complexity index is 2720. The number of ether oxygens (including phenoxy) is 4. The van der Waals surface area contributed by atoms with Gasteiger partial charge in [0.15, 0.2) is 0 Å². The molecule has 0 aromatic heterocycles. The maximum absolute atomic E-state index is 14.7. The zero-order valence-electron chi connectivity index (χ0n) is 57.7. The minimum absolute atomic E-state index is 0.00342. The molecule has 10 atom stereocenters. The molecule has 0 aliphatic carbocycles. The van der Waals surface area contributed by atoms with Crippen LogP contribution in [0.15, 0.2) is 48.5 Å². The zero-order valence-corrected chi connectivity index (χ0v) is 57.7. The van der Waals surface area contributed by atoms with Gasteiger partial charge in [0.2, 0.25) is 35.4 Å². The Balaban J connectivity index is 1.37. The number of amides is 9. The van der Waals surface area contributed by atoms with Crippen LogP contribution in [0.25, 0.3) is 0 Å². The van der Waals surface area contributed by atoms with Crippen molar-refractivity contribution in [1.29, 1.82) is 0 Å². The Labute approximate surface area is 541 Å². The predicted octanol–water partition coefficient (Wildman–Crippen LogP) is 8.15. The summed E-state index contributed by atoms with van der Waals surface area (Å²) in [6.45, 7) is 25.3. The molecule has 0 radical (unpaired) electrons. The van der Waals surface area contributed by atoms with Crippen LogP contribution in [0, 0.1) is 23.7 Å². The largest absolute Gasteiger partial charge is 0.444 e. The fourth-order valence-electron chi connectivity index (χ4n) is 12.2. The second-order valence-electron chi connectivity index (χ2n) is 27.4. The molecule has 510 valence electrons. The van der Waals surface area contributed by atoms with E-state index in [0.717, 1.165) is 18.4 Å². The van der Waals surface area contributed by atoms with Crippen LogP contribution in [0.4, 0.5) is 21.0 Å². The summed E-state index contributed by atoms with van der Waals surface area (Å²) in [6, 6.07) is 9.81. The molecule has 2 fully saturated rings. The van der Waals surface area contributed by atoms with E-state index in [4.69, 9.17) is 18.9 Å². The van der Waals surface area contributed by atoms with Crippen LogP contribution in [0.2, 0.25) is 0 Å². The van der Waals surface area contributed by atoms with Crippen LogP contribution in [-0.2, 0) is 54.1 Å². The molecule has 6 N–H and O–H groups in total. The normalized spacial score (nSPS) is 17.9. The molecule has 4 rings (SSSR count). The average molecular weight is 1280 g/mol. The van der Waals surface area contributed by atoms with Crippen LogP contribution >= 0.6 is 0 Å². The highest BCUT2D eigenvalue weighted by molar-refractivity contribution is 6.01. The molecule has 0 spiro atoms. The summed E-state index contributed by atoms with van der Waals surface area (Å²) in [5, 5.41) is 17.3. The van der Waals surface area contributed by atoms with Gasteiger partial charge in [-0.15, -0.1) is 0 Å². The number of unbranched alkanes of at least 4 members (excludes halogenated alkanes) is 3. The molecule has 0 saturated carbocycles. The van der Waals surface area contributed by atoms with Crippen molar-refractivity contribution in [3.8, 4) is 0 Å². The molecule has 2 aromatic carbocycles. The van der Waals surface area contributed by atoms with E-state index >= 15 is 0 Å². The van der Waals surface area contributed by atoms with Crippen molar-refractivity contribution in [2.45, 2.75) is 220 Å². The lowest BCUT2D eigenvalue weighted by Gasteiger charge is -2.41. The Morgan fingerprint density at radius 3 is 1.80 bits per heavy atom. The molecule has 2 aromatic rings. The maximum Gasteiger partial charge on any atom is 0.412 e. The topological polar surface area (TPSA) is 276 Å². The minimum Gasteiger partial charge on any atom is -0.444 e. The van der Waals surface area contributed by atoms with Crippen LogP contribution in [-0.4, -0.2) is 194 Å². The van der Waals surface area contributed by atoms with E-state index in [-0.39, 0.29) is 83.0 Å². The second-order valence-corrected chi connectivity index (χ2v) is 27.4. The van der Waals surface area contributed by atoms with Gasteiger partial charge in [-0.3, -0.25) is 49.1 Å². The lowest BCUT2D eigenvalue weighted by atomic mass is 9.89. The van der Waals surface area contributed by atoms with Gasteiger partial charge in [-0.1, -0.05) is 98.1 Å². The number of nitrogens with zero attached hydrogens (tertiary/aromatic N) is 4. The van der Waals surface area contributed by atoms with Crippen LogP contribution in [0.1, 0.15) is 170 Å². The van der Waals surface area contributed by atoms with Crippen molar-refractivity contribution in [3.63, 3.8) is 0 Å². The molecule has 2 saturated heterocycles. The van der Waals surface area contributed by atoms with E-state index in [2.05, 4.69) is 31.9 Å². The van der Waals surface area contributed by atoms with Crippen LogP contribution in [0.3, 0.4) is 0 Å². The molecule has 0 bridgehead atoms. The molecule has 7 unspecified atom stereocenters. The number of anilines is 2. The summed E-state index contributed by atoms with van der Waals surface area (Å²) in [4.78, 5) is 131. The van der Waals surface area contributed by atoms with E-state index in [1.165, 1.54) is 25.3 Å². The molecule has 2 heterocycles. The quantitative estimate of drug-likeness (QED) is 0.0377. The number of hydrogen-bond donors (Lipinski definition) is 6. The summed E-state index contributed by atoms with van der Waals surface area (Å²) in [7, 11) is 8.45. The monoisotopic (exact) mass is 1270 g/mol. The molecular formula is C68H110N10O13. The van der Waals surface area contributed by atoms with E-state index in [1.807, 2.05) is 90.9 Å². The van der Waals surface area contributed by atoms with E-state index in [9.17, 15) is 43.2 Å². The maximum atomic E-state index is 14.7. The number of carbonyl (C=O) groups is 9. The van der Waals surface area contributed by atoms with Gasteiger partial charge < -0.3 is 54.9 Å². The Morgan fingerprint density at radius 2 is 1.25 bits per heavy atom. The molecule has 2 aliphatic rings. The molecule has 9 amide bonds. The predicted molar refractivity (Wildman–Crippen MR) is 352 cm³/mol. The van der Waals surface area contributed by atoms with Gasteiger partial charge in [-0.25, -0.2) is 9.59 Å². The molecule has 23 heteroatoms. The molecule has 91 heavy (non-hydrogen) atoms. The summed E-state index contributed by atoms with van der Waals surface area (Å²) in [5.74, 6) is -3.32. The number of likely N-dealkylation sites (N-methyl/N-ethyl adjacent to an activating group) is 2. The van der Waals surface area contributed by atoms with Crippen molar-refractivity contribution in [2.75, 3.05) is 72.2 Å². The lowest BCUT2D eigenvalue weighted by Crippen LogP contribution is -2.59. The highest BCUT2D eigenvalue weighted by Crippen LogP contribution is 2.31. The molecule has 23 nitrogen and oxygen atoms in total. The fourth-order valence-corrected chi connectivity index (χ4v) is 12.2. The zero-order chi connectivity index (χ0) is 68.1. The first kappa shape index (κ1) is 76.6. The first-order valence-electron chi connectivity index (χ1n) is 32.7. The Morgan fingerprint density at radius 1 is 0.670 bits per heavy atom. The smallest absolute Gasteiger partial charge is 0.412 e. The highest BCUT2D eigenvalue weighted by atomic mass is 16.6. The van der Waals surface area contributed by atoms with Crippen molar-refractivity contribution in [1.82, 2.24) is 40.9 Å². The van der Waals surface area contributed by atoms with E-state index in [0.29, 0.717) is 71.1 Å². The standard InChI is InChI=1S/C68H110N10O13/c1-19-44(6)57(76(16)64(85)55(42(2)3)74-62(83)56(43(4)5)75(14)15)53(88-17)41-54(79)77-37-27-31-51(77)58(89-18)45(7)59(80)71-50(39-46-29-23-22-24-30-46)63(84)78-38-28-32-52(78)61(82)70-36-26-21-20-25-35-69-60(81)47-33-34-48(72-65(86)90-67(8,9)10)49(40-47)73-66(87)91-68(11,12)13/h22-24,29-30,33-34,40,42-45,50-53,55-58H,19-21,25-28,31-32,35-39,41H2,1-18H3,(H,69,81)(H,70,82)(H,71,80)(H,72,86)(H,73,87)(H,74,83)/t44?,45?,50-,51?,52+,53?,55-,56?,57?,58?/m0/s1. The highest BCUT2D eigenvalue weighted by Gasteiger charge is 2.45. The molecular weight excluding hydrogens is 1160 g/mol. The number of carbonyl (C=O) groups excluding carboxylic acids is 9. The Kier molecular flexibility index (Phi) is 30.2. The fraction of sp³-hybridized carbons (Fsp3) is 0.691. The van der Waals surface area contributed by atoms with Gasteiger partial charge in [-0.05, 0) is 136 Å². The van der Waals surface area contributed by atoms with E-state index < -0.39 is 83.7 Å². The minimum atomic E-state index is -1.02. The first-order chi connectivity index (χ1) is 42.7. The third-order valence-electron chi connectivity index (χ3n) is 16.9. The number of nitrogens with one attached hydrogen (secondary N) is 6. The summed E-state index contributed by atoms with van der Waals surface area (Å²) < 4.78 is 23.0. The van der Waals surface area contributed by atoms with Crippen LogP contribution in [0.5, 0.6) is 0 Å². The lowest BCUT2D eigenvalue weighted by molar-refractivity contribution is -0.148. The first-order valence-corrected chi connectivity index (χ1v) is 32.7. The van der Waals surface area contributed by atoms with Crippen molar-refractivity contribution in [2.24, 2.45) is 23.7 Å². The van der Waals surface area contributed by atoms with E-state index in [1.54, 1.807) is 77.3 Å².